The minimum absolute atomic E-state index is 0.174. The normalized spacial score (nSPS) is 53.8. The van der Waals surface area contributed by atoms with E-state index in [2.05, 4.69) is 20.8 Å². The van der Waals surface area contributed by atoms with E-state index in [1.165, 1.54) is 39.0 Å². The van der Waals surface area contributed by atoms with E-state index in [9.17, 15) is 9.90 Å². The molecule has 0 heterocycles. The van der Waals surface area contributed by atoms with Crippen LogP contribution in [0.2, 0.25) is 0 Å². The molecule has 3 aliphatic carbocycles. The van der Waals surface area contributed by atoms with E-state index in [4.69, 9.17) is 4.74 Å². The first kappa shape index (κ1) is 14.4. The number of aliphatic hydroxyl groups excluding tert-OH is 1. The van der Waals surface area contributed by atoms with Crippen molar-refractivity contribution in [2.75, 3.05) is 6.61 Å². The largest absolute Gasteiger partial charge is 0.465 e. The quantitative estimate of drug-likeness (QED) is 0.790. The van der Waals surface area contributed by atoms with E-state index in [1.807, 2.05) is 0 Å². The van der Waals surface area contributed by atoms with Gasteiger partial charge in [-0.2, -0.15) is 0 Å². The highest BCUT2D eigenvalue weighted by Gasteiger charge is 2.77. The van der Waals surface area contributed by atoms with E-state index in [1.54, 1.807) is 0 Å². The van der Waals surface area contributed by atoms with E-state index in [0.717, 1.165) is 0 Å². The zero-order valence-corrected chi connectivity index (χ0v) is 13.2. The van der Waals surface area contributed by atoms with Crippen LogP contribution in [0.5, 0.6) is 0 Å². The van der Waals surface area contributed by atoms with Crippen molar-refractivity contribution < 1.29 is 14.6 Å². The first-order chi connectivity index (χ1) is 9.32. The molecule has 0 aromatic carbocycles. The monoisotopic (exact) mass is 280 g/mol. The molecule has 114 valence electrons. The highest BCUT2D eigenvalue weighted by atomic mass is 16.5. The third-order valence-electron chi connectivity index (χ3n) is 7.58. The molecule has 0 aromatic heterocycles. The molecule has 0 aliphatic heterocycles. The van der Waals surface area contributed by atoms with Crippen LogP contribution in [-0.2, 0) is 9.53 Å². The summed E-state index contributed by atoms with van der Waals surface area (Å²) >= 11 is 0. The van der Waals surface area contributed by atoms with Crippen LogP contribution in [0.25, 0.3) is 0 Å². The lowest BCUT2D eigenvalue weighted by molar-refractivity contribution is -0.152. The van der Waals surface area contributed by atoms with Crippen molar-refractivity contribution in [2.45, 2.75) is 65.9 Å². The van der Waals surface area contributed by atoms with Crippen LogP contribution in [-0.4, -0.2) is 23.8 Å². The third kappa shape index (κ3) is 1.33. The Bertz CT molecular complexity index is 434. The smallest absolute Gasteiger partial charge is 0.302 e. The molecule has 1 N–H and O–H groups in total. The Kier molecular flexibility index (Phi) is 3.03. The van der Waals surface area contributed by atoms with E-state index in [0.29, 0.717) is 18.4 Å². The minimum Gasteiger partial charge on any atom is -0.465 e. The lowest BCUT2D eigenvalue weighted by Crippen LogP contribution is -2.47. The summed E-state index contributed by atoms with van der Waals surface area (Å²) in [5.41, 5.74) is 0.161. The number of aliphatic hydroxyl groups is 1. The number of carbonyl (C=O) groups is 1. The minimum atomic E-state index is -0.357. The summed E-state index contributed by atoms with van der Waals surface area (Å²) in [6, 6.07) is 0. The van der Waals surface area contributed by atoms with Gasteiger partial charge in [-0.15, -0.1) is 0 Å². The summed E-state index contributed by atoms with van der Waals surface area (Å²) in [5.74, 6) is 0.751. The van der Waals surface area contributed by atoms with Crippen molar-refractivity contribution in [2.24, 2.45) is 28.1 Å². The molecule has 0 radical (unpaired) electrons. The van der Waals surface area contributed by atoms with Crippen LogP contribution in [0.15, 0.2) is 0 Å². The Morgan fingerprint density at radius 1 is 1.30 bits per heavy atom. The average Bonchev–Trinajstić information content (AvgIpc) is 2.96. The van der Waals surface area contributed by atoms with Crippen molar-refractivity contribution in [1.29, 1.82) is 0 Å². The number of rotatable bonds is 2. The molecular formula is C17H28O3. The first-order valence-electron chi connectivity index (χ1n) is 8.13. The molecule has 3 fully saturated rings. The van der Waals surface area contributed by atoms with E-state index in [-0.39, 0.29) is 28.3 Å². The van der Waals surface area contributed by atoms with Gasteiger partial charge in [-0.1, -0.05) is 27.2 Å². The van der Waals surface area contributed by atoms with Gasteiger partial charge in [0.15, 0.2) is 0 Å². The molecule has 6 atom stereocenters. The van der Waals surface area contributed by atoms with Gasteiger partial charge in [-0.05, 0) is 48.3 Å². The molecule has 20 heavy (non-hydrogen) atoms. The second-order valence-electron chi connectivity index (χ2n) is 7.85. The standard InChI is InChI=1S/C17H28O3/c1-11-6-9-16-7-5-8-17(11,16)12(2)14(19)15(16,4)10-20-13(3)18/h11-12,14,19H,5-10H2,1-4H3/t11?,12?,14-,15+,16-,17+/m0/s1. The fraction of sp³-hybridized carbons (Fsp3) is 0.941. The van der Waals surface area contributed by atoms with E-state index < -0.39 is 0 Å². The highest BCUT2D eigenvalue weighted by Crippen LogP contribution is 2.80. The second-order valence-corrected chi connectivity index (χ2v) is 7.85. The number of hydrogen-bond donors (Lipinski definition) is 1. The SMILES string of the molecule is CC(=O)OC[C@]1(C)[C@@H](O)C(C)[C@]23CCC[C@@]21CCC3C. The number of carbonyl (C=O) groups excluding carboxylic acids is 1. The Hall–Kier alpha value is -0.570. The third-order valence-corrected chi connectivity index (χ3v) is 7.58. The Balaban J connectivity index is 2.05. The molecule has 0 saturated heterocycles. The highest BCUT2D eigenvalue weighted by molar-refractivity contribution is 5.66. The lowest BCUT2D eigenvalue weighted by Gasteiger charge is -2.47. The fourth-order valence-corrected chi connectivity index (χ4v) is 6.76. The summed E-state index contributed by atoms with van der Waals surface area (Å²) in [6.45, 7) is 8.61. The Morgan fingerprint density at radius 3 is 2.65 bits per heavy atom. The molecule has 0 spiro atoms. The van der Waals surface area contributed by atoms with Gasteiger partial charge in [0.25, 0.3) is 0 Å². The molecule has 2 unspecified atom stereocenters. The number of esters is 1. The maximum Gasteiger partial charge on any atom is 0.302 e. The van der Waals surface area contributed by atoms with Gasteiger partial charge in [0, 0.05) is 12.3 Å². The van der Waals surface area contributed by atoms with Gasteiger partial charge >= 0.3 is 5.97 Å². The van der Waals surface area contributed by atoms with Crippen LogP contribution in [0.1, 0.15) is 59.8 Å². The predicted molar refractivity (Wildman–Crippen MR) is 77.0 cm³/mol. The summed E-state index contributed by atoms with van der Waals surface area (Å²) in [7, 11) is 0. The molecule has 0 aromatic rings. The van der Waals surface area contributed by atoms with Crippen LogP contribution in [0.4, 0.5) is 0 Å². The Labute approximate surface area is 122 Å². The topological polar surface area (TPSA) is 46.5 Å². The zero-order valence-electron chi connectivity index (χ0n) is 13.2. The fourth-order valence-electron chi connectivity index (χ4n) is 6.76. The molecular weight excluding hydrogens is 252 g/mol. The molecule has 0 bridgehead atoms. The molecule has 0 amide bonds. The van der Waals surface area contributed by atoms with Crippen LogP contribution in [0.3, 0.4) is 0 Å². The Morgan fingerprint density at radius 2 is 2.00 bits per heavy atom. The van der Waals surface area contributed by atoms with Gasteiger partial charge in [-0.3, -0.25) is 4.79 Å². The number of ether oxygens (including phenoxy) is 1. The van der Waals surface area contributed by atoms with Gasteiger partial charge < -0.3 is 9.84 Å². The molecule has 3 heteroatoms. The number of hydrogen-bond acceptors (Lipinski definition) is 3. The molecule has 3 rings (SSSR count). The van der Waals surface area contributed by atoms with E-state index >= 15 is 0 Å². The van der Waals surface area contributed by atoms with Crippen molar-refractivity contribution >= 4 is 5.97 Å². The van der Waals surface area contributed by atoms with Crippen LogP contribution in [0, 0.1) is 28.1 Å². The summed E-state index contributed by atoms with van der Waals surface area (Å²) < 4.78 is 5.39. The van der Waals surface area contributed by atoms with Crippen molar-refractivity contribution in [3.63, 3.8) is 0 Å². The summed E-state index contributed by atoms with van der Waals surface area (Å²) in [6.07, 6.45) is 5.78. The lowest BCUT2D eigenvalue weighted by atomic mass is 9.57. The van der Waals surface area contributed by atoms with Gasteiger partial charge in [0.2, 0.25) is 0 Å². The van der Waals surface area contributed by atoms with Gasteiger partial charge in [0.1, 0.15) is 0 Å². The van der Waals surface area contributed by atoms with Crippen LogP contribution < -0.4 is 0 Å². The second kappa shape index (κ2) is 4.22. The predicted octanol–water partition coefficient (Wildman–Crippen LogP) is 3.15. The maximum atomic E-state index is 11.3. The summed E-state index contributed by atoms with van der Waals surface area (Å²) in [5, 5.41) is 11.0. The van der Waals surface area contributed by atoms with Gasteiger partial charge in [0.05, 0.1) is 12.7 Å². The molecule has 3 nitrogen and oxygen atoms in total. The summed E-state index contributed by atoms with van der Waals surface area (Å²) in [4.78, 5) is 11.3. The molecule has 3 aliphatic rings. The van der Waals surface area contributed by atoms with Gasteiger partial charge in [-0.25, -0.2) is 0 Å². The van der Waals surface area contributed by atoms with Crippen molar-refractivity contribution in [1.82, 2.24) is 0 Å². The average molecular weight is 280 g/mol. The maximum absolute atomic E-state index is 11.3. The van der Waals surface area contributed by atoms with Crippen molar-refractivity contribution in [3.8, 4) is 0 Å². The zero-order chi connectivity index (χ0) is 14.8. The first-order valence-corrected chi connectivity index (χ1v) is 8.13. The van der Waals surface area contributed by atoms with Crippen molar-refractivity contribution in [3.05, 3.63) is 0 Å². The van der Waals surface area contributed by atoms with Crippen LogP contribution >= 0.6 is 0 Å². The molecule has 3 saturated carbocycles.